The van der Waals surface area contributed by atoms with Gasteiger partial charge in [0.15, 0.2) is 0 Å². The van der Waals surface area contributed by atoms with Gasteiger partial charge >= 0.3 is 0 Å². The number of likely N-dealkylation sites (tertiary alicyclic amines) is 1. The van der Waals surface area contributed by atoms with E-state index in [2.05, 4.69) is 10.2 Å². The van der Waals surface area contributed by atoms with Crippen LogP contribution < -0.4 is 11.1 Å². The molecule has 1 aromatic rings. The Morgan fingerprint density at radius 2 is 2.35 bits per heavy atom. The van der Waals surface area contributed by atoms with E-state index in [1.54, 1.807) is 19.2 Å². The first-order valence-corrected chi connectivity index (χ1v) is 6.48. The second kappa shape index (κ2) is 5.87. The molecule has 0 saturated carbocycles. The van der Waals surface area contributed by atoms with E-state index in [4.69, 9.17) is 5.73 Å². The van der Waals surface area contributed by atoms with Gasteiger partial charge in [-0.1, -0.05) is 6.07 Å². The minimum Gasteiger partial charge on any atom is -0.383 e. The molecular weight excluding hydrogens is 260 g/mol. The quantitative estimate of drug-likeness (QED) is 0.616. The first kappa shape index (κ1) is 14.3. The lowest BCUT2D eigenvalue weighted by molar-refractivity contribution is -0.384. The summed E-state index contributed by atoms with van der Waals surface area (Å²) in [7, 11) is 1.66. The summed E-state index contributed by atoms with van der Waals surface area (Å²) in [4.78, 5) is 23.7. The molecule has 1 fully saturated rings. The van der Waals surface area contributed by atoms with E-state index in [-0.39, 0.29) is 17.5 Å². The highest BCUT2D eigenvalue weighted by atomic mass is 16.6. The van der Waals surface area contributed by atoms with Gasteiger partial charge in [-0.2, -0.15) is 0 Å². The summed E-state index contributed by atoms with van der Waals surface area (Å²) in [5.74, 6) is -0.344. The Balaban J connectivity index is 2.07. The number of carbonyl (C=O) groups is 1. The smallest absolute Gasteiger partial charge is 0.292 e. The molecule has 7 heteroatoms. The van der Waals surface area contributed by atoms with Gasteiger partial charge in [-0.15, -0.1) is 0 Å². The zero-order valence-electron chi connectivity index (χ0n) is 11.3. The Bertz CT molecular complexity index is 532. The fourth-order valence-corrected chi connectivity index (χ4v) is 2.51. The predicted octanol–water partition coefficient (Wildman–Crippen LogP) is 0.944. The third-order valence-electron chi connectivity index (χ3n) is 3.61. The lowest BCUT2D eigenvalue weighted by Gasteiger charge is -2.16. The third kappa shape index (κ3) is 3.05. The topological polar surface area (TPSA) is 102 Å². The van der Waals surface area contributed by atoms with Crippen LogP contribution in [0.5, 0.6) is 0 Å². The maximum atomic E-state index is 11.1. The molecular formula is C13H18N4O3. The zero-order valence-corrected chi connectivity index (χ0v) is 11.3. The Labute approximate surface area is 116 Å². The Morgan fingerprint density at radius 3 is 2.90 bits per heavy atom. The molecule has 3 N–H and O–H groups in total. The fraction of sp³-hybridized carbons (Fsp3) is 0.462. The molecule has 7 nitrogen and oxygen atoms in total. The van der Waals surface area contributed by atoms with E-state index >= 15 is 0 Å². The summed E-state index contributed by atoms with van der Waals surface area (Å²) >= 11 is 0. The maximum absolute atomic E-state index is 11.1. The number of nitro groups is 1. The number of benzene rings is 1. The maximum Gasteiger partial charge on any atom is 0.292 e. The summed E-state index contributed by atoms with van der Waals surface area (Å²) in [6, 6.07) is 5.02. The second-order valence-electron chi connectivity index (χ2n) is 4.98. The van der Waals surface area contributed by atoms with Crippen LogP contribution in [0, 0.1) is 16.0 Å². The Hall–Kier alpha value is -2.15. The summed E-state index contributed by atoms with van der Waals surface area (Å²) in [5.41, 5.74) is 6.84. The minimum atomic E-state index is -0.408. The highest BCUT2D eigenvalue weighted by molar-refractivity contribution is 5.77. The lowest BCUT2D eigenvalue weighted by atomic mass is 10.1. The van der Waals surface area contributed by atoms with Crippen LogP contribution in [0.3, 0.4) is 0 Å². The van der Waals surface area contributed by atoms with Gasteiger partial charge < -0.3 is 11.1 Å². The van der Waals surface area contributed by atoms with Crippen LogP contribution in [0.1, 0.15) is 12.0 Å². The van der Waals surface area contributed by atoms with Crippen LogP contribution in [0.4, 0.5) is 11.4 Å². The van der Waals surface area contributed by atoms with Crippen molar-refractivity contribution in [2.24, 2.45) is 11.7 Å². The number of hydrogen-bond acceptors (Lipinski definition) is 5. The number of nitro benzene ring substituents is 1. The van der Waals surface area contributed by atoms with E-state index in [1.807, 2.05) is 0 Å². The normalized spacial score (nSPS) is 18.9. The first-order chi connectivity index (χ1) is 9.51. The molecule has 0 radical (unpaired) electrons. The van der Waals surface area contributed by atoms with Crippen molar-refractivity contribution >= 4 is 17.3 Å². The molecule has 108 valence electrons. The van der Waals surface area contributed by atoms with Crippen LogP contribution in [0.2, 0.25) is 0 Å². The third-order valence-corrected chi connectivity index (χ3v) is 3.61. The SMILES string of the molecule is CNc1cc(CN2CCC(C(N)=O)C2)ccc1[N+](=O)[O-]. The van der Waals surface area contributed by atoms with Crippen molar-refractivity contribution < 1.29 is 9.72 Å². The zero-order chi connectivity index (χ0) is 14.7. The molecule has 0 aromatic heterocycles. The van der Waals surface area contributed by atoms with Gasteiger partial charge in [0.05, 0.1) is 10.8 Å². The molecule has 2 rings (SSSR count). The number of amides is 1. The van der Waals surface area contributed by atoms with Gasteiger partial charge in [0.1, 0.15) is 5.69 Å². The summed E-state index contributed by atoms with van der Waals surface area (Å²) in [6.07, 6.45) is 0.779. The van der Waals surface area contributed by atoms with Crippen LogP contribution in [0.25, 0.3) is 0 Å². The van der Waals surface area contributed by atoms with E-state index in [0.717, 1.165) is 18.5 Å². The molecule has 1 atom stereocenters. The van der Waals surface area contributed by atoms with Gasteiger partial charge in [-0.05, 0) is 24.6 Å². The first-order valence-electron chi connectivity index (χ1n) is 6.48. The van der Waals surface area contributed by atoms with Gasteiger partial charge in [0.2, 0.25) is 5.91 Å². The summed E-state index contributed by atoms with van der Waals surface area (Å²) < 4.78 is 0. The second-order valence-corrected chi connectivity index (χ2v) is 4.98. The van der Waals surface area contributed by atoms with E-state index in [1.165, 1.54) is 6.07 Å². The Morgan fingerprint density at radius 1 is 1.60 bits per heavy atom. The van der Waals surface area contributed by atoms with Crippen molar-refractivity contribution in [3.05, 3.63) is 33.9 Å². The summed E-state index contributed by atoms with van der Waals surface area (Å²) in [5, 5.41) is 13.7. The van der Waals surface area contributed by atoms with Crippen molar-refractivity contribution in [1.29, 1.82) is 0 Å². The minimum absolute atomic E-state index is 0.0627. The number of nitrogens with one attached hydrogen (secondary N) is 1. The van der Waals surface area contributed by atoms with E-state index < -0.39 is 4.92 Å². The van der Waals surface area contributed by atoms with Crippen LogP contribution in [-0.4, -0.2) is 35.9 Å². The van der Waals surface area contributed by atoms with Gasteiger partial charge in [-0.25, -0.2) is 0 Å². The van der Waals surface area contributed by atoms with Crippen molar-refractivity contribution in [3.63, 3.8) is 0 Å². The fourth-order valence-electron chi connectivity index (χ4n) is 2.51. The average molecular weight is 278 g/mol. The molecule has 0 bridgehead atoms. The molecule has 1 unspecified atom stereocenters. The number of nitrogens with two attached hydrogens (primary N) is 1. The molecule has 1 saturated heterocycles. The highest BCUT2D eigenvalue weighted by Crippen LogP contribution is 2.26. The number of anilines is 1. The molecule has 1 amide bonds. The van der Waals surface area contributed by atoms with E-state index in [0.29, 0.717) is 18.8 Å². The molecule has 0 spiro atoms. The molecule has 1 aromatic carbocycles. The van der Waals surface area contributed by atoms with Crippen molar-refractivity contribution in [1.82, 2.24) is 4.90 Å². The van der Waals surface area contributed by atoms with Crippen LogP contribution in [0.15, 0.2) is 18.2 Å². The van der Waals surface area contributed by atoms with E-state index in [9.17, 15) is 14.9 Å². The monoisotopic (exact) mass is 278 g/mol. The number of nitrogens with zero attached hydrogens (tertiary/aromatic N) is 2. The average Bonchev–Trinajstić information content (AvgIpc) is 2.87. The number of rotatable bonds is 5. The van der Waals surface area contributed by atoms with Gasteiger partial charge in [-0.3, -0.25) is 19.8 Å². The molecule has 0 aliphatic carbocycles. The molecule has 1 aliphatic rings. The largest absolute Gasteiger partial charge is 0.383 e. The molecule has 20 heavy (non-hydrogen) atoms. The Kier molecular flexibility index (Phi) is 4.19. The highest BCUT2D eigenvalue weighted by Gasteiger charge is 2.26. The predicted molar refractivity (Wildman–Crippen MR) is 75.2 cm³/mol. The number of hydrogen-bond donors (Lipinski definition) is 2. The van der Waals surface area contributed by atoms with Crippen LogP contribution >= 0.6 is 0 Å². The lowest BCUT2D eigenvalue weighted by Crippen LogP contribution is -2.27. The molecule has 1 aliphatic heterocycles. The summed E-state index contributed by atoms with van der Waals surface area (Å²) in [6.45, 7) is 2.14. The van der Waals surface area contributed by atoms with Crippen LogP contribution in [-0.2, 0) is 11.3 Å². The molecule has 1 heterocycles. The van der Waals surface area contributed by atoms with Crippen molar-refractivity contribution in [2.75, 3.05) is 25.5 Å². The van der Waals surface area contributed by atoms with Gasteiger partial charge in [0, 0.05) is 26.2 Å². The van der Waals surface area contributed by atoms with Crippen molar-refractivity contribution in [2.45, 2.75) is 13.0 Å². The number of primary amides is 1. The standard InChI is InChI=1S/C13H18N4O3/c1-15-11-6-9(2-3-12(11)17(19)20)7-16-5-4-10(8-16)13(14)18/h2-3,6,10,15H,4-5,7-8H2,1H3,(H2,14,18). The van der Waals surface area contributed by atoms with Crippen molar-refractivity contribution in [3.8, 4) is 0 Å². The van der Waals surface area contributed by atoms with Gasteiger partial charge in [0.25, 0.3) is 5.69 Å². The number of carbonyl (C=O) groups excluding carboxylic acids is 1.